The van der Waals surface area contributed by atoms with Crippen molar-refractivity contribution in [3.8, 4) is 0 Å². The summed E-state index contributed by atoms with van der Waals surface area (Å²) in [6.07, 6.45) is -0.982. The first-order valence-electron chi connectivity index (χ1n) is 11.4. The second-order valence-corrected chi connectivity index (χ2v) is 9.56. The van der Waals surface area contributed by atoms with Gasteiger partial charge in [-0.25, -0.2) is 0 Å². The van der Waals surface area contributed by atoms with E-state index in [1.807, 2.05) is 64.1 Å². The zero-order chi connectivity index (χ0) is 22.8. The van der Waals surface area contributed by atoms with Crippen LogP contribution >= 0.6 is 0 Å². The lowest BCUT2D eigenvalue weighted by atomic mass is 9.99. The Hall–Kier alpha value is -1.80. The molecule has 4 rings (SSSR count). The van der Waals surface area contributed by atoms with Crippen molar-refractivity contribution in [1.82, 2.24) is 4.90 Å². The number of aliphatic hydroxyl groups is 1. The minimum Gasteiger partial charge on any atom is -0.395 e. The molecule has 0 aliphatic carbocycles. The van der Waals surface area contributed by atoms with E-state index in [4.69, 9.17) is 18.9 Å². The fourth-order valence-electron chi connectivity index (χ4n) is 4.63. The van der Waals surface area contributed by atoms with Gasteiger partial charge in [-0.1, -0.05) is 60.7 Å². The first kappa shape index (κ1) is 23.4. The molecule has 2 aliphatic rings. The van der Waals surface area contributed by atoms with E-state index in [1.54, 1.807) is 0 Å². The van der Waals surface area contributed by atoms with Crippen molar-refractivity contribution in [1.29, 1.82) is 0 Å². The minimum absolute atomic E-state index is 0.0583. The van der Waals surface area contributed by atoms with Crippen LogP contribution in [-0.4, -0.2) is 59.1 Å². The van der Waals surface area contributed by atoms with Crippen molar-refractivity contribution in [2.75, 3.05) is 13.2 Å². The Bertz CT molecular complexity index is 816. The van der Waals surface area contributed by atoms with E-state index in [-0.39, 0.29) is 31.0 Å². The van der Waals surface area contributed by atoms with Crippen molar-refractivity contribution in [2.24, 2.45) is 0 Å². The molecular formula is C26H35NO5. The van der Waals surface area contributed by atoms with Crippen LogP contribution in [0.25, 0.3) is 0 Å². The summed E-state index contributed by atoms with van der Waals surface area (Å²) in [7, 11) is 0. The van der Waals surface area contributed by atoms with E-state index < -0.39 is 11.6 Å². The van der Waals surface area contributed by atoms with Crippen LogP contribution in [0.3, 0.4) is 0 Å². The number of rotatable bonds is 8. The monoisotopic (exact) mass is 441 g/mol. The predicted molar refractivity (Wildman–Crippen MR) is 122 cm³/mol. The number of nitrogens with zero attached hydrogens (tertiary/aromatic N) is 1. The van der Waals surface area contributed by atoms with E-state index in [9.17, 15) is 5.11 Å². The molecule has 0 spiro atoms. The summed E-state index contributed by atoms with van der Waals surface area (Å²) in [6.45, 7) is 9.37. The van der Waals surface area contributed by atoms with Gasteiger partial charge in [0.25, 0.3) is 0 Å². The van der Waals surface area contributed by atoms with Gasteiger partial charge in [0, 0.05) is 13.1 Å². The van der Waals surface area contributed by atoms with Crippen LogP contribution in [0.5, 0.6) is 0 Å². The minimum atomic E-state index is -0.774. The molecule has 2 aromatic rings. The molecule has 6 heteroatoms. The highest BCUT2D eigenvalue weighted by Crippen LogP contribution is 2.38. The van der Waals surface area contributed by atoms with Crippen LogP contribution in [-0.2, 0) is 32.0 Å². The molecule has 32 heavy (non-hydrogen) atoms. The molecule has 2 aliphatic heterocycles. The van der Waals surface area contributed by atoms with E-state index in [0.717, 1.165) is 0 Å². The summed E-state index contributed by atoms with van der Waals surface area (Å²) >= 11 is 0. The molecule has 0 amide bonds. The van der Waals surface area contributed by atoms with Crippen LogP contribution < -0.4 is 0 Å². The van der Waals surface area contributed by atoms with Gasteiger partial charge >= 0.3 is 0 Å². The summed E-state index contributed by atoms with van der Waals surface area (Å²) in [5, 5.41) is 10.6. The third-order valence-corrected chi connectivity index (χ3v) is 6.05. The average Bonchev–Trinajstić information content (AvgIpc) is 3.28. The van der Waals surface area contributed by atoms with Crippen LogP contribution in [0.2, 0.25) is 0 Å². The van der Waals surface area contributed by atoms with Crippen LogP contribution in [0.15, 0.2) is 60.7 Å². The number of hydrogen-bond donors (Lipinski definition) is 1. The Morgan fingerprint density at radius 3 is 1.88 bits per heavy atom. The maximum Gasteiger partial charge on any atom is 0.163 e. The highest BCUT2D eigenvalue weighted by molar-refractivity contribution is 5.18. The standard InChI is InChI=1S/C26H35NO5/c1-25(2)29-18-22(30-25)24-23(31-26(3,4)32-24)21(17-28)27(15-19-11-7-5-8-12-19)16-20-13-9-6-10-14-20/h5-14,21-24,28H,15-18H2,1-4H3/t21-,22-,23-,24-/m1/s1. The van der Waals surface area contributed by atoms with Gasteiger partial charge in [-0.05, 0) is 38.8 Å². The molecule has 0 saturated carbocycles. The van der Waals surface area contributed by atoms with Gasteiger partial charge in [-0.3, -0.25) is 4.90 Å². The molecule has 0 unspecified atom stereocenters. The van der Waals surface area contributed by atoms with Crippen LogP contribution in [0.4, 0.5) is 0 Å². The highest BCUT2D eigenvalue weighted by atomic mass is 16.8. The summed E-state index contributed by atoms with van der Waals surface area (Å²) in [4.78, 5) is 2.27. The predicted octanol–water partition coefficient (Wildman–Crippen LogP) is 3.72. The zero-order valence-corrected chi connectivity index (χ0v) is 19.4. The van der Waals surface area contributed by atoms with Crippen molar-refractivity contribution in [3.05, 3.63) is 71.8 Å². The summed E-state index contributed by atoms with van der Waals surface area (Å²) in [5.41, 5.74) is 2.36. The van der Waals surface area contributed by atoms with E-state index in [2.05, 4.69) is 29.2 Å². The van der Waals surface area contributed by atoms with Gasteiger partial charge in [-0.15, -0.1) is 0 Å². The number of aliphatic hydroxyl groups excluding tert-OH is 1. The summed E-state index contributed by atoms with van der Waals surface area (Å²) < 4.78 is 24.7. The molecule has 0 radical (unpaired) electrons. The number of benzene rings is 2. The lowest BCUT2D eigenvalue weighted by molar-refractivity contribution is -0.175. The highest BCUT2D eigenvalue weighted by Gasteiger charge is 2.53. The molecule has 0 bridgehead atoms. The maximum absolute atomic E-state index is 10.6. The van der Waals surface area contributed by atoms with Crippen molar-refractivity contribution in [3.63, 3.8) is 0 Å². The van der Waals surface area contributed by atoms with Gasteiger partial charge in [0.05, 0.1) is 19.3 Å². The van der Waals surface area contributed by atoms with E-state index in [1.165, 1.54) is 11.1 Å². The number of ether oxygens (including phenoxy) is 4. The molecule has 2 heterocycles. The third kappa shape index (κ3) is 5.57. The van der Waals surface area contributed by atoms with Gasteiger partial charge in [0.15, 0.2) is 11.6 Å². The summed E-state index contributed by atoms with van der Waals surface area (Å²) in [6, 6.07) is 20.3. The lowest BCUT2D eigenvalue weighted by Gasteiger charge is -2.36. The Balaban J connectivity index is 1.62. The Morgan fingerprint density at radius 1 is 0.844 bits per heavy atom. The van der Waals surface area contributed by atoms with Crippen molar-refractivity contribution >= 4 is 0 Å². The molecule has 2 aromatic carbocycles. The molecule has 1 N–H and O–H groups in total. The summed E-state index contributed by atoms with van der Waals surface area (Å²) in [5.74, 6) is -1.43. The quantitative estimate of drug-likeness (QED) is 0.674. The van der Waals surface area contributed by atoms with Crippen LogP contribution in [0, 0.1) is 0 Å². The molecule has 2 saturated heterocycles. The van der Waals surface area contributed by atoms with E-state index in [0.29, 0.717) is 19.7 Å². The molecule has 2 fully saturated rings. The van der Waals surface area contributed by atoms with Crippen molar-refractivity contribution < 1.29 is 24.1 Å². The van der Waals surface area contributed by atoms with E-state index >= 15 is 0 Å². The topological polar surface area (TPSA) is 60.4 Å². The number of hydrogen-bond acceptors (Lipinski definition) is 6. The second-order valence-electron chi connectivity index (χ2n) is 9.56. The molecule has 6 nitrogen and oxygen atoms in total. The first-order chi connectivity index (χ1) is 15.3. The first-order valence-corrected chi connectivity index (χ1v) is 11.4. The Morgan fingerprint density at radius 2 is 1.41 bits per heavy atom. The Kier molecular flexibility index (Phi) is 7.00. The van der Waals surface area contributed by atoms with Gasteiger partial charge in [0.1, 0.15) is 18.3 Å². The third-order valence-electron chi connectivity index (χ3n) is 6.05. The second kappa shape index (κ2) is 9.59. The normalized spacial score (nSPS) is 27.6. The molecule has 4 atom stereocenters. The van der Waals surface area contributed by atoms with Gasteiger partial charge in [-0.2, -0.15) is 0 Å². The van der Waals surface area contributed by atoms with Gasteiger partial charge in [0.2, 0.25) is 0 Å². The molecular weight excluding hydrogens is 406 g/mol. The fourth-order valence-corrected chi connectivity index (χ4v) is 4.63. The van der Waals surface area contributed by atoms with Crippen molar-refractivity contribution in [2.45, 2.75) is 76.7 Å². The fraction of sp³-hybridized carbons (Fsp3) is 0.538. The van der Waals surface area contributed by atoms with Gasteiger partial charge < -0.3 is 24.1 Å². The molecule has 174 valence electrons. The Labute approximate surface area is 191 Å². The zero-order valence-electron chi connectivity index (χ0n) is 19.4. The SMILES string of the molecule is CC1(C)O[C@H]([C@@H](CO)N(Cc2ccccc2)Cc2ccccc2)[C@@H]([C@H]2COC(C)(C)O2)O1. The largest absolute Gasteiger partial charge is 0.395 e. The average molecular weight is 442 g/mol. The lowest BCUT2D eigenvalue weighted by Crippen LogP contribution is -2.52. The molecule has 0 aromatic heterocycles. The van der Waals surface area contributed by atoms with Crippen LogP contribution in [0.1, 0.15) is 38.8 Å². The smallest absolute Gasteiger partial charge is 0.163 e. The maximum atomic E-state index is 10.6.